The second-order valence-electron chi connectivity index (χ2n) is 5.63. The summed E-state index contributed by atoms with van der Waals surface area (Å²) in [6.45, 7) is 3.60. The molecule has 0 atom stereocenters. The van der Waals surface area contributed by atoms with Gasteiger partial charge in [0.1, 0.15) is 4.88 Å². The summed E-state index contributed by atoms with van der Waals surface area (Å²) in [6, 6.07) is 5.58. The van der Waals surface area contributed by atoms with E-state index in [0.29, 0.717) is 21.5 Å². The maximum Gasteiger partial charge on any atom is 0.266 e. The van der Waals surface area contributed by atoms with Crippen molar-refractivity contribution in [3.63, 3.8) is 0 Å². The molecule has 21 heavy (non-hydrogen) atoms. The van der Waals surface area contributed by atoms with Gasteiger partial charge in [0.25, 0.3) is 5.91 Å². The molecule has 1 aliphatic carbocycles. The average Bonchev–Trinajstić information content (AvgIpc) is 2.74. The Hall–Kier alpha value is -1.26. The summed E-state index contributed by atoms with van der Waals surface area (Å²) in [5.41, 5.74) is 6.77. The highest BCUT2D eigenvalue weighted by molar-refractivity contribution is 7.21. The Kier molecular flexibility index (Phi) is 4.09. The first kappa shape index (κ1) is 14.7. The number of carbonyl (C=O) groups excluding carboxylic acids is 1. The summed E-state index contributed by atoms with van der Waals surface area (Å²) in [5.74, 6) is 0.721. The minimum atomic E-state index is 0.0548. The van der Waals surface area contributed by atoms with Gasteiger partial charge in [-0.2, -0.15) is 0 Å². The van der Waals surface area contributed by atoms with Crippen molar-refractivity contribution in [2.24, 2.45) is 5.92 Å². The van der Waals surface area contributed by atoms with Gasteiger partial charge in [-0.1, -0.05) is 18.0 Å². The lowest BCUT2D eigenvalue weighted by Gasteiger charge is -2.31. The van der Waals surface area contributed by atoms with Gasteiger partial charge in [-0.15, -0.1) is 11.3 Å². The Bertz CT molecular complexity index is 678. The summed E-state index contributed by atoms with van der Waals surface area (Å²) in [5, 5.41) is 1.59. The molecule has 0 spiro atoms. The maximum atomic E-state index is 12.8. The van der Waals surface area contributed by atoms with Crippen LogP contribution in [-0.2, 0) is 0 Å². The molecule has 1 aliphatic rings. The first-order valence-corrected chi connectivity index (χ1v) is 8.56. The van der Waals surface area contributed by atoms with Gasteiger partial charge in [-0.05, 0) is 43.9 Å². The number of thiophene rings is 1. The van der Waals surface area contributed by atoms with Crippen molar-refractivity contribution in [2.75, 3.05) is 18.8 Å². The van der Waals surface area contributed by atoms with Gasteiger partial charge in [0.15, 0.2) is 0 Å². The van der Waals surface area contributed by atoms with E-state index in [-0.39, 0.29) is 5.91 Å². The quantitative estimate of drug-likeness (QED) is 0.906. The van der Waals surface area contributed by atoms with Crippen LogP contribution >= 0.6 is 22.9 Å². The summed E-state index contributed by atoms with van der Waals surface area (Å²) in [4.78, 5) is 15.3. The summed E-state index contributed by atoms with van der Waals surface area (Å²) < 4.78 is 0.975. The number of anilines is 1. The maximum absolute atomic E-state index is 12.8. The summed E-state index contributed by atoms with van der Waals surface area (Å²) in [6.07, 6.45) is 3.77. The van der Waals surface area contributed by atoms with Gasteiger partial charge >= 0.3 is 0 Å². The van der Waals surface area contributed by atoms with Gasteiger partial charge in [0.05, 0.1) is 5.69 Å². The fourth-order valence-corrected chi connectivity index (χ4v) is 4.10. The highest BCUT2D eigenvalue weighted by atomic mass is 35.5. The zero-order valence-corrected chi connectivity index (χ0v) is 13.6. The first-order chi connectivity index (χ1) is 10.1. The molecule has 1 fully saturated rings. The number of nitrogens with two attached hydrogens (primary N) is 1. The molecule has 3 nitrogen and oxygen atoms in total. The lowest BCUT2D eigenvalue weighted by atomic mass is 9.85. The minimum absolute atomic E-state index is 0.0548. The van der Waals surface area contributed by atoms with Crippen LogP contribution in [0.5, 0.6) is 0 Å². The monoisotopic (exact) mass is 322 g/mol. The number of carbonyl (C=O) groups is 1. The second kappa shape index (κ2) is 5.85. The van der Waals surface area contributed by atoms with Crippen molar-refractivity contribution in [2.45, 2.75) is 26.2 Å². The van der Waals surface area contributed by atoms with Crippen molar-refractivity contribution in [1.29, 1.82) is 0 Å². The third-order valence-electron chi connectivity index (χ3n) is 4.26. The fraction of sp³-hybridized carbons (Fsp3) is 0.438. The van der Waals surface area contributed by atoms with Crippen molar-refractivity contribution in [1.82, 2.24) is 4.90 Å². The molecular weight excluding hydrogens is 304 g/mol. The van der Waals surface area contributed by atoms with Crippen molar-refractivity contribution in [3.05, 3.63) is 28.1 Å². The second-order valence-corrected chi connectivity index (χ2v) is 7.11. The number of amides is 1. The molecule has 5 heteroatoms. The molecule has 112 valence electrons. The molecule has 1 saturated carbocycles. The number of hydrogen-bond donors (Lipinski definition) is 1. The lowest BCUT2D eigenvalue weighted by Crippen LogP contribution is -2.37. The number of nitrogen functional groups attached to an aromatic ring is 1. The zero-order valence-electron chi connectivity index (χ0n) is 12.1. The van der Waals surface area contributed by atoms with E-state index in [1.54, 1.807) is 0 Å². The molecule has 0 saturated heterocycles. The fourth-order valence-electron chi connectivity index (χ4n) is 2.74. The molecule has 0 unspecified atom stereocenters. The molecule has 0 radical (unpaired) electrons. The third kappa shape index (κ3) is 2.74. The van der Waals surface area contributed by atoms with Gasteiger partial charge in [-0.3, -0.25) is 4.79 Å². The van der Waals surface area contributed by atoms with Crippen LogP contribution in [0.15, 0.2) is 18.2 Å². The largest absolute Gasteiger partial charge is 0.397 e. The first-order valence-electron chi connectivity index (χ1n) is 7.37. The Balaban J connectivity index is 1.90. The Morgan fingerprint density at radius 1 is 1.48 bits per heavy atom. The van der Waals surface area contributed by atoms with Crippen molar-refractivity contribution < 1.29 is 4.79 Å². The van der Waals surface area contributed by atoms with Gasteiger partial charge in [0, 0.05) is 28.2 Å². The Labute approximate surface area is 133 Å². The standard InChI is InChI=1S/C16H19ClN2OS/c1-2-19(9-10-4-3-5-10)16(20)15-14(18)12-7-6-11(17)8-13(12)21-15/h6-8,10H,2-5,9,18H2,1H3. The molecule has 3 rings (SSSR count). The van der Waals surface area contributed by atoms with Crippen LogP contribution in [-0.4, -0.2) is 23.9 Å². The van der Waals surface area contributed by atoms with E-state index in [4.69, 9.17) is 17.3 Å². The van der Waals surface area contributed by atoms with E-state index >= 15 is 0 Å². The topological polar surface area (TPSA) is 46.3 Å². The van der Waals surface area contributed by atoms with Crippen molar-refractivity contribution >= 4 is 44.6 Å². The molecule has 0 bridgehead atoms. The van der Waals surface area contributed by atoms with E-state index in [2.05, 4.69) is 0 Å². The predicted molar refractivity (Wildman–Crippen MR) is 90.2 cm³/mol. The molecule has 1 aromatic heterocycles. The predicted octanol–water partition coefficient (Wildman–Crippen LogP) is 4.40. The number of fused-ring (bicyclic) bond motifs is 1. The van der Waals surface area contributed by atoms with Crippen LogP contribution in [0.1, 0.15) is 35.9 Å². The van der Waals surface area contributed by atoms with E-state index in [9.17, 15) is 4.79 Å². The Morgan fingerprint density at radius 3 is 2.86 bits per heavy atom. The zero-order chi connectivity index (χ0) is 15.0. The number of rotatable bonds is 4. The van der Waals surface area contributed by atoms with Gasteiger partial charge in [-0.25, -0.2) is 0 Å². The van der Waals surface area contributed by atoms with Crippen LogP contribution in [0.2, 0.25) is 5.02 Å². The number of halogens is 1. The average molecular weight is 323 g/mol. The highest BCUT2D eigenvalue weighted by Gasteiger charge is 2.26. The van der Waals surface area contributed by atoms with Gasteiger partial charge < -0.3 is 10.6 Å². The van der Waals surface area contributed by atoms with Gasteiger partial charge in [0.2, 0.25) is 0 Å². The van der Waals surface area contributed by atoms with Crippen LogP contribution in [0.4, 0.5) is 5.69 Å². The van der Waals surface area contributed by atoms with Crippen LogP contribution in [0.25, 0.3) is 10.1 Å². The SMILES string of the molecule is CCN(CC1CCC1)C(=O)c1sc2cc(Cl)ccc2c1N. The summed E-state index contributed by atoms with van der Waals surface area (Å²) >= 11 is 7.46. The molecule has 0 aliphatic heterocycles. The van der Waals surface area contributed by atoms with Crippen molar-refractivity contribution in [3.8, 4) is 0 Å². The third-order valence-corrected chi connectivity index (χ3v) is 5.65. The molecule has 1 heterocycles. The van der Waals surface area contributed by atoms with Crippen LogP contribution in [0, 0.1) is 5.92 Å². The van der Waals surface area contributed by atoms with Crippen LogP contribution < -0.4 is 5.73 Å². The molecule has 2 aromatic rings. The molecule has 2 N–H and O–H groups in total. The summed E-state index contributed by atoms with van der Waals surface area (Å²) in [7, 11) is 0. The normalized spacial score (nSPS) is 15.1. The van der Waals surface area contributed by atoms with E-state index in [0.717, 1.165) is 23.2 Å². The Morgan fingerprint density at radius 2 is 2.24 bits per heavy atom. The van der Waals surface area contributed by atoms with E-state index in [1.165, 1.54) is 30.6 Å². The molecule has 1 amide bonds. The molecular formula is C16H19ClN2OS. The van der Waals surface area contributed by atoms with Crippen LogP contribution in [0.3, 0.4) is 0 Å². The number of hydrogen-bond acceptors (Lipinski definition) is 3. The smallest absolute Gasteiger partial charge is 0.266 e. The number of nitrogens with zero attached hydrogens (tertiary/aromatic N) is 1. The van der Waals surface area contributed by atoms with E-state index < -0.39 is 0 Å². The highest BCUT2D eigenvalue weighted by Crippen LogP contribution is 2.36. The number of benzene rings is 1. The molecule has 1 aromatic carbocycles. The minimum Gasteiger partial charge on any atom is -0.397 e. The van der Waals surface area contributed by atoms with E-state index in [1.807, 2.05) is 30.0 Å². The lowest BCUT2D eigenvalue weighted by molar-refractivity contribution is 0.0712.